The van der Waals surface area contributed by atoms with Gasteiger partial charge in [-0.2, -0.15) is 0 Å². The molecule has 0 aliphatic carbocycles. The molecule has 18 heavy (non-hydrogen) atoms. The summed E-state index contributed by atoms with van der Waals surface area (Å²) in [5, 5.41) is 11.8. The first kappa shape index (κ1) is 14.6. The average Bonchev–Trinajstić information content (AvgIpc) is 2.37. The van der Waals surface area contributed by atoms with Crippen molar-refractivity contribution in [2.45, 2.75) is 13.0 Å². The van der Waals surface area contributed by atoms with Crippen LogP contribution in [0.3, 0.4) is 0 Å². The van der Waals surface area contributed by atoms with E-state index in [4.69, 9.17) is 26.2 Å². The molecule has 0 saturated carbocycles. The van der Waals surface area contributed by atoms with Gasteiger partial charge in [-0.25, -0.2) is 0 Å². The van der Waals surface area contributed by atoms with Crippen LogP contribution in [0.1, 0.15) is 17.3 Å². The lowest BCUT2D eigenvalue weighted by Crippen LogP contribution is -2.35. The zero-order valence-corrected chi connectivity index (χ0v) is 11.2. The number of hydrogen-bond acceptors (Lipinski definition) is 4. The minimum absolute atomic E-state index is 0.132. The molecular weight excluding hydrogens is 258 g/mol. The number of halogens is 1. The predicted molar refractivity (Wildman–Crippen MR) is 68.6 cm³/mol. The number of aliphatic hydroxyl groups is 1. The summed E-state index contributed by atoms with van der Waals surface area (Å²) in [6.07, 6.45) is 0. The van der Waals surface area contributed by atoms with Gasteiger partial charge in [0.1, 0.15) is 0 Å². The summed E-state index contributed by atoms with van der Waals surface area (Å²) in [5.41, 5.74) is 0.345. The Bertz CT molecular complexity index is 436. The number of rotatable bonds is 5. The molecule has 1 atom stereocenters. The standard InChI is InChI=1S/C12H16ClNO4/c1-7(6-15)14-12(16)8-4-9(13)11(18-3)10(5-8)17-2/h4-5,7,15H,6H2,1-3H3,(H,14,16)/t7-/m0/s1. The molecule has 100 valence electrons. The Morgan fingerprint density at radius 3 is 2.61 bits per heavy atom. The number of carbonyl (C=O) groups is 1. The van der Waals surface area contributed by atoms with Gasteiger partial charge in [-0.05, 0) is 19.1 Å². The molecule has 0 aliphatic rings. The lowest BCUT2D eigenvalue weighted by Gasteiger charge is -2.14. The predicted octanol–water partition coefficient (Wildman–Crippen LogP) is 1.47. The van der Waals surface area contributed by atoms with Crippen molar-refractivity contribution < 1.29 is 19.4 Å². The number of benzene rings is 1. The Labute approximate surface area is 111 Å². The highest BCUT2D eigenvalue weighted by Gasteiger charge is 2.16. The number of amides is 1. The van der Waals surface area contributed by atoms with Crippen molar-refractivity contribution in [1.29, 1.82) is 0 Å². The minimum Gasteiger partial charge on any atom is -0.493 e. The molecule has 0 spiro atoms. The van der Waals surface area contributed by atoms with Crippen molar-refractivity contribution in [2.24, 2.45) is 0 Å². The van der Waals surface area contributed by atoms with Gasteiger partial charge in [-0.1, -0.05) is 11.6 Å². The molecule has 0 bridgehead atoms. The van der Waals surface area contributed by atoms with Gasteiger partial charge in [0, 0.05) is 11.6 Å². The van der Waals surface area contributed by atoms with Crippen LogP contribution >= 0.6 is 11.6 Å². The lowest BCUT2D eigenvalue weighted by atomic mass is 10.1. The normalized spacial score (nSPS) is 11.8. The topological polar surface area (TPSA) is 67.8 Å². The molecule has 1 rings (SSSR count). The minimum atomic E-state index is -0.334. The van der Waals surface area contributed by atoms with E-state index in [1.54, 1.807) is 6.92 Å². The van der Waals surface area contributed by atoms with E-state index in [0.29, 0.717) is 22.1 Å². The fourth-order valence-corrected chi connectivity index (χ4v) is 1.69. The number of methoxy groups -OCH3 is 2. The van der Waals surface area contributed by atoms with Crippen LogP contribution in [0.4, 0.5) is 0 Å². The maximum atomic E-state index is 11.9. The van der Waals surface area contributed by atoms with Gasteiger partial charge in [0.15, 0.2) is 11.5 Å². The maximum absolute atomic E-state index is 11.9. The Morgan fingerprint density at radius 1 is 1.44 bits per heavy atom. The zero-order valence-electron chi connectivity index (χ0n) is 10.5. The first-order chi connectivity index (χ1) is 8.53. The van der Waals surface area contributed by atoms with Crippen LogP contribution in [0, 0.1) is 0 Å². The smallest absolute Gasteiger partial charge is 0.251 e. The summed E-state index contributed by atoms with van der Waals surface area (Å²) >= 11 is 5.99. The molecular formula is C12H16ClNO4. The number of ether oxygens (including phenoxy) is 2. The van der Waals surface area contributed by atoms with Gasteiger partial charge in [0.05, 0.1) is 25.8 Å². The molecule has 0 radical (unpaired) electrons. The summed E-state index contributed by atoms with van der Waals surface area (Å²) in [4.78, 5) is 11.9. The summed E-state index contributed by atoms with van der Waals surface area (Å²) in [6, 6.07) is 2.69. The van der Waals surface area contributed by atoms with E-state index in [1.165, 1.54) is 26.4 Å². The summed E-state index contributed by atoms with van der Waals surface area (Å²) in [7, 11) is 2.93. The first-order valence-corrected chi connectivity index (χ1v) is 5.74. The van der Waals surface area contributed by atoms with Crippen LogP contribution in [-0.2, 0) is 0 Å². The lowest BCUT2D eigenvalue weighted by molar-refractivity contribution is 0.0922. The fourth-order valence-electron chi connectivity index (χ4n) is 1.40. The van der Waals surface area contributed by atoms with Crippen LogP contribution in [-0.4, -0.2) is 37.9 Å². The quantitative estimate of drug-likeness (QED) is 0.852. The summed E-state index contributed by atoms with van der Waals surface area (Å²) in [6.45, 7) is 1.56. The molecule has 0 saturated heterocycles. The van der Waals surface area contributed by atoms with Crippen molar-refractivity contribution in [3.63, 3.8) is 0 Å². The second kappa shape index (κ2) is 6.47. The van der Waals surface area contributed by atoms with Gasteiger partial charge in [-0.3, -0.25) is 4.79 Å². The third-order valence-corrected chi connectivity index (χ3v) is 2.63. The van der Waals surface area contributed by atoms with Crippen molar-refractivity contribution >= 4 is 17.5 Å². The van der Waals surface area contributed by atoms with Gasteiger partial charge in [0.25, 0.3) is 5.91 Å². The Morgan fingerprint density at radius 2 is 2.11 bits per heavy atom. The Balaban J connectivity index is 3.04. The largest absolute Gasteiger partial charge is 0.493 e. The molecule has 1 aromatic carbocycles. The molecule has 6 heteroatoms. The molecule has 5 nitrogen and oxygen atoms in total. The average molecular weight is 274 g/mol. The third-order valence-electron chi connectivity index (χ3n) is 2.35. The number of nitrogens with one attached hydrogen (secondary N) is 1. The van der Waals surface area contributed by atoms with Gasteiger partial charge in [-0.15, -0.1) is 0 Å². The van der Waals surface area contributed by atoms with Crippen molar-refractivity contribution in [2.75, 3.05) is 20.8 Å². The van der Waals surface area contributed by atoms with Crippen molar-refractivity contribution in [3.05, 3.63) is 22.7 Å². The van der Waals surface area contributed by atoms with Gasteiger partial charge < -0.3 is 19.9 Å². The first-order valence-electron chi connectivity index (χ1n) is 5.36. The maximum Gasteiger partial charge on any atom is 0.251 e. The number of carbonyl (C=O) groups excluding carboxylic acids is 1. The highest BCUT2D eigenvalue weighted by Crippen LogP contribution is 2.35. The SMILES string of the molecule is COc1cc(C(=O)N[C@@H](C)CO)cc(Cl)c1OC. The van der Waals surface area contributed by atoms with Gasteiger partial charge in [0.2, 0.25) is 0 Å². The highest BCUT2D eigenvalue weighted by molar-refractivity contribution is 6.32. The van der Waals surface area contributed by atoms with Crippen LogP contribution in [0.25, 0.3) is 0 Å². The second-order valence-electron chi connectivity index (χ2n) is 3.75. The highest BCUT2D eigenvalue weighted by atomic mass is 35.5. The second-order valence-corrected chi connectivity index (χ2v) is 4.16. The van der Waals surface area contributed by atoms with Crippen LogP contribution in [0.5, 0.6) is 11.5 Å². The fraction of sp³-hybridized carbons (Fsp3) is 0.417. The summed E-state index contributed by atoms with van der Waals surface area (Å²) < 4.78 is 10.2. The Kier molecular flexibility index (Phi) is 5.25. The van der Waals surface area contributed by atoms with Gasteiger partial charge >= 0.3 is 0 Å². The van der Waals surface area contributed by atoms with E-state index >= 15 is 0 Å². The molecule has 0 heterocycles. The molecule has 0 fully saturated rings. The zero-order chi connectivity index (χ0) is 13.7. The van der Waals surface area contributed by atoms with Crippen LogP contribution in [0.2, 0.25) is 5.02 Å². The van der Waals surface area contributed by atoms with E-state index in [9.17, 15) is 4.79 Å². The van der Waals surface area contributed by atoms with E-state index in [1.807, 2.05) is 0 Å². The van der Waals surface area contributed by atoms with E-state index in [0.717, 1.165) is 0 Å². The van der Waals surface area contributed by atoms with Crippen LogP contribution < -0.4 is 14.8 Å². The molecule has 2 N–H and O–H groups in total. The number of hydrogen-bond donors (Lipinski definition) is 2. The monoisotopic (exact) mass is 273 g/mol. The van der Waals surface area contributed by atoms with Crippen molar-refractivity contribution in [1.82, 2.24) is 5.32 Å². The molecule has 1 aromatic rings. The molecule has 0 aliphatic heterocycles. The molecule has 0 unspecified atom stereocenters. The van der Waals surface area contributed by atoms with E-state index in [-0.39, 0.29) is 18.6 Å². The van der Waals surface area contributed by atoms with Crippen molar-refractivity contribution in [3.8, 4) is 11.5 Å². The van der Waals surface area contributed by atoms with E-state index < -0.39 is 0 Å². The Hall–Kier alpha value is -1.46. The number of aliphatic hydroxyl groups excluding tert-OH is 1. The molecule has 1 amide bonds. The third kappa shape index (κ3) is 3.27. The van der Waals surface area contributed by atoms with E-state index in [2.05, 4.69) is 5.32 Å². The molecule has 0 aromatic heterocycles. The summed E-state index contributed by atoms with van der Waals surface area (Å²) in [5.74, 6) is 0.428. The van der Waals surface area contributed by atoms with Crippen LogP contribution in [0.15, 0.2) is 12.1 Å².